The van der Waals surface area contributed by atoms with Crippen LogP contribution >= 0.6 is 0 Å². The van der Waals surface area contributed by atoms with E-state index in [9.17, 15) is 10.1 Å². The Balaban J connectivity index is 1.65. The van der Waals surface area contributed by atoms with E-state index >= 15 is 0 Å². The molecule has 1 aromatic carbocycles. The SMILES string of the molecule is O=[N+]1C2=C(CN(c3ccccc3)NC2)N([O-])C2CCCCC21. The van der Waals surface area contributed by atoms with Gasteiger partial charge in [0.25, 0.3) is 5.70 Å². The molecule has 1 N–H and O–H groups in total. The molecule has 2 aliphatic heterocycles. The molecule has 2 heterocycles. The van der Waals surface area contributed by atoms with Gasteiger partial charge in [0.05, 0.1) is 24.0 Å². The number of hydrazine groups is 1. The molecule has 0 amide bonds. The van der Waals surface area contributed by atoms with Crippen molar-refractivity contribution in [2.24, 2.45) is 0 Å². The molecule has 1 fully saturated rings. The van der Waals surface area contributed by atoms with Gasteiger partial charge in [-0.15, -0.1) is 0 Å². The van der Waals surface area contributed by atoms with Crippen molar-refractivity contribution in [2.45, 2.75) is 37.8 Å². The number of rotatable bonds is 1. The fourth-order valence-electron chi connectivity index (χ4n) is 3.80. The Morgan fingerprint density at radius 2 is 1.95 bits per heavy atom. The molecule has 116 valence electrons. The third kappa shape index (κ3) is 2.10. The van der Waals surface area contributed by atoms with E-state index in [0.29, 0.717) is 24.5 Å². The molecule has 0 aromatic heterocycles. The lowest BCUT2D eigenvalue weighted by Crippen LogP contribution is -2.58. The summed E-state index contributed by atoms with van der Waals surface area (Å²) in [7, 11) is 0. The number of nitroso groups, excluding NO2 is 1. The molecule has 0 radical (unpaired) electrons. The number of nitrogens with zero attached hydrogens (tertiary/aromatic N) is 3. The van der Waals surface area contributed by atoms with Crippen LogP contribution in [0, 0.1) is 10.1 Å². The first-order valence-electron chi connectivity index (χ1n) is 7.96. The van der Waals surface area contributed by atoms with E-state index in [1.54, 1.807) is 0 Å². The monoisotopic (exact) mass is 300 g/mol. The summed E-state index contributed by atoms with van der Waals surface area (Å²) in [4.78, 5) is 12.6. The molecular weight excluding hydrogens is 280 g/mol. The van der Waals surface area contributed by atoms with E-state index in [4.69, 9.17) is 0 Å². The third-order valence-electron chi connectivity index (χ3n) is 4.97. The van der Waals surface area contributed by atoms with Crippen LogP contribution in [0.3, 0.4) is 0 Å². The van der Waals surface area contributed by atoms with E-state index < -0.39 is 0 Å². The maximum atomic E-state index is 12.8. The molecule has 22 heavy (non-hydrogen) atoms. The van der Waals surface area contributed by atoms with Crippen LogP contribution < -0.4 is 10.4 Å². The first-order valence-corrected chi connectivity index (χ1v) is 7.96. The number of fused-ring (bicyclic) bond motifs is 1. The number of anilines is 1. The lowest BCUT2D eigenvalue weighted by molar-refractivity contribution is -0.559. The predicted molar refractivity (Wildman–Crippen MR) is 83.7 cm³/mol. The van der Waals surface area contributed by atoms with Gasteiger partial charge in [-0.1, -0.05) is 24.6 Å². The Labute approximate surface area is 129 Å². The minimum atomic E-state index is -0.180. The number of hydrogen-bond acceptors (Lipinski definition) is 5. The highest BCUT2D eigenvalue weighted by molar-refractivity contribution is 5.47. The van der Waals surface area contributed by atoms with Crippen molar-refractivity contribution in [3.8, 4) is 0 Å². The molecule has 1 aliphatic carbocycles. The Morgan fingerprint density at radius 1 is 1.18 bits per heavy atom. The average Bonchev–Trinajstić information content (AvgIpc) is 2.60. The van der Waals surface area contributed by atoms with Gasteiger partial charge in [0, 0.05) is 16.1 Å². The van der Waals surface area contributed by atoms with Gasteiger partial charge in [-0.05, 0) is 25.0 Å². The number of hydroxylamine groups is 2. The van der Waals surface area contributed by atoms with Gasteiger partial charge in [0.2, 0.25) is 6.04 Å². The Morgan fingerprint density at radius 3 is 2.77 bits per heavy atom. The first-order chi connectivity index (χ1) is 10.8. The number of nitrogens with one attached hydrogen (secondary N) is 1. The summed E-state index contributed by atoms with van der Waals surface area (Å²) in [5, 5.41) is 15.8. The van der Waals surface area contributed by atoms with Gasteiger partial charge in [-0.25, -0.2) is 5.43 Å². The fraction of sp³-hybridized carbons (Fsp3) is 0.500. The van der Waals surface area contributed by atoms with Gasteiger partial charge in [0.1, 0.15) is 6.54 Å². The van der Waals surface area contributed by atoms with Crippen LogP contribution in [0.15, 0.2) is 41.7 Å². The normalized spacial score (nSPS) is 28.5. The van der Waals surface area contributed by atoms with Crippen molar-refractivity contribution in [1.82, 2.24) is 10.5 Å². The lowest BCUT2D eigenvalue weighted by atomic mass is 9.87. The number of benzene rings is 1. The molecule has 6 heteroatoms. The summed E-state index contributed by atoms with van der Waals surface area (Å²) >= 11 is 0. The van der Waals surface area contributed by atoms with Crippen molar-refractivity contribution < 1.29 is 4.76 Å². The predicted octanol–water partition coefficient (Wildman–Crippen LogP) is 2.13. The summed E-state index contributed by atoms with van der Waals surface area (Å²) in [5.74, 6) is 0. The van der Waals surface area contributed by atoms with Crippen molar-refractivity contribution >= 4 is 5.69 Å². The van der Waals surface area contributed by atoms with Gasteiger partial charge in [0.15, 0.2) is 0 Å². The second-order valence-electron chi connectivity index (χ2n) is 6.22. The molecule has 1 saturated carbocycles. The molecule has 2 unspecified atom stereocenters. The average molecular weight is 300 g/mol. The second-order valence-corrected chi connectivity index (χ2v) is 6.22. The number of para-hydroxylation sites is 1. The Hall–Kier alpha value is -1.92. The highest BCUT2D eigenvalue weighted by Gasteiger charge is 2.47. The van der Waals surface area contributed by atoms with Crippen LogP contribution in [0.1, 0.15) is 25.7 Å². The van der Waals surface area contributed by atoms with E-state index in [0.717, 1.165) is 41.2 Å². The maximum Gasteiger partial charge on any atom is 0.268 e. The van der Waals surface area contributed by atoms with Crippen LogP contribution in [0.25, 0.3) is 0 Å². The zero-order valence-electron chi connectivity index (χ0n) is 12.4. The van der Waals surface area contributed by atoms with E-state index in [1.807, 2.05) is 35.3 Å². The molecule has 6 nitrogen and oxygen atoms in total. The minimum Gasteiger partial charge on any atom is -0.758 e. The van der Waals surface area contributed by atoms with Crippen LogP contribution in [-0.2, 0) is 0 Å². The van der Waals surface area contributed by atoms with Crippen molar-refractivity contribution in [3.05, 3.63) is 51.8 Å². The van der Waals surface area contributed by atoms with Crippen LogP contribution in [-0.4, -0.2) is 35.0 Å². The number of hydrogen-bond donors (Lipinski definition) is 1. The van der Waals surface area contributed by atoms with Gasteiger partial charge in [-0.3, -0.25) is 0 Å². The first kappa shape index (κ1) is 13.7. The van der Waals surface area contributed by atoms with E-state index in [-0.39, 0.29) is 12.1 Å². The van der Waals surface area contributed by atoms with Crippen molar-refractivity contribution in [2.75, 3.05) is 18.1 Å². The van der Waals surface area contributed by atoms with E-state index in [1.165, 1.54) is 0 Å². The van der Waals surface area contributed by atoms with Crippen LogP contribution in [0.2, 0.25) is 0 Å². The second kappa shape index (κ2) is 5.37. The fourth-order valence-corrected chi connectivity index (χ4v) is 3.80. The van der Waals surface area contributed by atoms with Gasteiger partial charge >= 0.3 is 0 Å². The standard InChI is InChI=1S/C16H20N4O2/c21-19-13-8-4-5-9-14(13)20(22)16-11-18(17-10-15(16)19)12-6-2-1-3-7-12/h1-3,6-7,13-14,17H,4-5,8-11H2. The third-order valence-corrected chi connectivity index (χ3v) is 4.97. The lowest BCUT2D eigenvalue weighted by Gasteiger charge is -2.48. The summed E-state index contributed by atoms with van der Waals surface area (Å²) in [6, 6.07) is 9.53. The quantitative estimate of drug-likeness (QED) is 0.805. The maximum absolute atomic E-state index is 12.8. The zero-order valence-corrected chi connectivity index (χ0v) is 12.4. The van der Waals surface area contributed by atoms with E-state index in [2.05, 4.69) is 5.43 Å². The molecule has 3 aliphatic rings. The summed E-state index contributed by atoms with van der Waals surface area (Å²) < 4.78 is 1.11. The molecule has 1 aromatic rings. The van der Waals surface area contributed by atoms with Gasteiger partial charge < -0.3 is 15.3 Å². The molecule has 0 bridgehead atoms. The highest BCUT2D eigenvalue weighted by atomic mass is 16.5. The minimum absolute atomic E-state index is 0.171. The smallest absolute Gasteiger partial charge is 0.268 e. The largest absolute Gasteiger partial charge is 0.758 e. The Kier molecular flexibility index (Phi) is 3.35. The van der Waals surface area contributed by atoms with Crippen molar-refractivity contribution in [3.63, 3.8) is 0 Å². The zero-order chi connectivity index (χ0) is 15.1. The highest BCUT2D eigenvalue weighted by Crippen LogP contribution is 2.35. The molecule has 0 saturated heterocycles. The summed E-state index contributed by atoms with van der Waals surface area (Å²) in [6.45, 7) is 0.848. The Bertz CT molecular complexity index is 616. The van der Waals surface area contributed by atoms with Crippen molar-refractivity contribution in [1.29, 1.82) is 0 Å². The molecule has 4 rings (SSSR count). The molecule has 2 atom stereocenters. The topological polar surface area (TPSA) is 61.7 Å². The summed E-state index contributed by atoms with van der Waals surface area (Å²) in [5.41, 5.74) is 5.50. The summed E-state index contributed by atoms with van der Waals surface area (Å²) in [6.07, 6.45) is 3.73. The van der Waals surface area contributed by atoms with Gasteiger partial charge in [-0.2, -0.15) is 0 Å². The van der Waals surface area contributed by atoms with Crippen LogP contribution in [0.4, 0.5) is 5.69 Å². The van der Waals surface area contributed by atoms with Crippen LogP contribution in [0.5, 0.6) is 0 Å². The molecular formula is C16H20N4O2. The molecule has 0 spiro atoms.